The molecule has 1 N–H and O–H groups in total. The first-order valence-electron chi connectivity index (χ1n) is 12.6. The lowest BCUT2D eigenvalue weighted by molar-refractivity contribution is -0.117. The Kier molecular flexibility index (Phi) is 7.40. The van der Waals surface area contributed by atoms with Crippen molar-refractivity contribution in [2.75, 3.05) is 32.6 Å². The summed E-state index contributed by atoms with van der Waals surface area (Å²) < 4.78 is 12.5. The molecule has 4 aromatic rings. The van der Waals surface area contributed by atoms with Crippen molar-refractivity contribution in [3.8, 4) is 28.4 Å². The molecule has 1 fully saturated rings. The van der Waals surface area contributed by atoms with Gasteiger partial charge in [-0.1, -0.05) is 30.3 Å². The quantitative estimate of drug-likeness (QED) is 0.323. The first-order chi connectivity index (χ1) is 18.5. The number of nitrogens with one attached hydrogen (secondary N) is 1. The minimum atomic E-state index is -0.313. The zero-order chi connectivity index (χ0) is 26.5. The Bertz CT molecular complexity index is 1410. The first-order valence-corrected chi connectivity index (χ1v) is 12.6. The van der Waals surface area contributed by atoms with Crippen LogP contribution in [0.25, 0.3) is 16.9 Å². The van der Waals surface area contributed by atoms with E-state index in [2.05, 4.69) is 5.32 Å². The van der Waals surface area contributed by atoms with Crippen LogP contribution in [-0.2, 0) is 4.79 Å². The molecule has 38 heavy (non-hydrogen) atoms. The fourth-order valence-electron chi connectivity index (χ4n) is 4.26. The molecule has 194 valence electrons. The Morgan fingerprint density at radius 3 is 2.37 bits per heavy atom. The van der Waals surface area contributed by atoms with Gasteiger partial charge in [-0.2, -0.15) is 0 Å². The second-order valence-electron chi connectivity index (χ2n) is 9.29. The molecule has 1 aliphatic rings. The van der Waals surface area contributed by atoms with Gasteiger partial charge in [-0.05, 0) is 67.3 Å². The van der Waals surface area contributed by atoms with Gasteiger partial charge in [0.1, 0.15) is 18.0 Å². The number of anilines is 1. The lowest BCUT2D eigenvalue weighted by Gasteiger charge is -2.22. The Morgan fingerprint density at radius 1 is 0.947 bits per heavy atom. The number of methoxy groups -OCH3 is 2. The van der Waals surface area contributed by atoms with Crippen LogP contribution in [-0.4, -0.2) is 53.6 Å². The molecule has 8 heteroatoms. The summed E-state index contributed by atoms with van der Waals surface area (Å²) in [5.41, 5.74) is 2.89. The van der Waals surface area contributed by atoms with Crippen molar-refractivity contribution >= 4 is 17.8 Å². The van der Waals surface area contributed by atoms with Gasteiger partial charge in [0.2, 0.25) is 11.9 Å². The van der Waals surface area contributed by atoms with Crippen LogP contribution in [0.15, 0.2) is 85.1 Å². The van der Waals surface area contributed by atoms with Gasteiger partial charge < -0.3 is 14.4 Å². The van der Waals surface area contributed by atoms with Crippen LogP contribution in [0.5, 0.6) is 11.5 Å². The topological polar surface area (TPSA) is 85.7 Å². The smallest absolute Gasteiger partial charge is 0.254 e. The summed E-state index contributed by atoms with van der Waals surface area (Å²) in [6.07, 6.45) is 4.02. The Hall–Kier alpha value is -4.59. The fourth-order valence-corrected chi connectivity index (χ4v) is 4.26. The van der Waals surface area contributed by atoms with E-state index in [0.29, 0.717) is 35.4 Å². The third kappa shape index (κ3) is 5.86. The molecule has 2 amide bonds. The van der Waals surface area contributed by atoms with E-state index < -0.39 is 0 Å². The SMILES string of the molecule is COc1ccc(-n2cc(-c3cccc(OC)c3)nc2NC(=O)CN(CC2CC2)C(=O)c2ccccc2)cc1. The van der Waals surface area contributed by atoms with Crippen molar-refractivity contribution < 1.29 is 19.1 Å². The van der Waals surface area contributed by atoms with Gasteiger partial charge in [0, 0.05) is 29.6 Å². The number of imidazole rings is 1. The molecule has 1 heterocycles. The summed E-state index contributed by atoms with van der Waals surface area (Å²) in [4.78, 5) is 32.9. The highest BCUT2D eigenvalue weighted by atomic mass is 16.5. The average Bonchev–Trinajstić information content (AvgIpc) is 3.69. The van der Waals surface area contributed by atoms with Gasteiger partial charge in [-0.3, -0.25) is 19.5 Å². The normalized spacial score (nSPS) is 12.6. The van der Waals surface area contributed by atoms with Crippen LogP contribution in [0.4, 0.5) is 5.95 Å². The van der Waals surface area contributed by atoms with Gasteiger partial charge >= 0.3 is 0 Å². The summed E-state index contributed by atoms with van der Waals surface area (Å²) >= 11 is 0. The monoisotopic (exact) mass is 510 g/mol. The van der Waals surface area contributed by atoms with Gasteiger partial charge in [0.05, 0.1) is 19.9 Å². The van der Waals surface area contributed by atoms with E-state index >= 15 is 0 Å². The third-order valence-corrected chi connectivity index (χ3v) is 6.49. The Labute approximate surface area is 221 Å². The largest absolute Gasteiger partial charge is 0.497 e. The maximum absolute atomic E-state index is 13.3. The van der Waals surface area contributed by atoms with E-state index in [1.165, 1.54) is 0 Å². The molecule has 0 spiro atoms. The molecule has 0 aliphatic heterocycles. The number of carbonyl (C=O) groups is 2. The van der Waals surface area contributed by atoms with E-state index in [4.69, 9.17) is 14.5 Å². The maximum atomic E-state index is 13.3. The molecule has 1 aliphatic carbocycles. The molecule has 1 saturated carbocycles. The molecular formula is C30H30N4O4. The number of benzene rings is 3. The third-order valence-electron chi connectivity index (χ3n) is 6.49. The van der Waals surface area contributed by atoms with Crippen molar-refractivity contribution in [2.45, 2.75) is 12.8 Å². The lowest BCUT2D eigenvalue weighted by atomic mass is 10.1. The maximum Gasteiger partial charge on any atom is 0.254 e. The summed E-state index contributed by atoms with van der Waals surface area (Å²) in [5.74, 6) is 1.77. The predicted molar refractivity (Wildman–Crippen MR) is 146 cm³/mol. The number of ether oxygens (including phenoxy) is 2. The van der Waals surface area contributed by atoms with E-state index in [1.54, 1.807) is 31.3 Å². The Morgan fingerprint density at radius 2 is 1.68 bits per heavy atom. The first kappa shape index (κ1) is 25.1. The lowest BCUT2D eigenvalue weighted by Crippen LogP contribution is -2.39. The van der Waals surface area contributed by atoms with Crippen LogP contribution in [0.3, 0.4) is 0 Å². The number of nitrogens with zero attached hydrogens (tertiary/aromatic N) is 3. The predicted octanol–water partition coefficient (Wildman–Crippen LogP) is 5.05. The van der Waals surface area contributed by atoms with Crippen molar-refractivity contribution in [1.29, 1.82) is 0 Å². The minimum absolute atomic E-state index is 0.0613. The van der Waals surface area contributed by atoms with E-state index in [1.807, 2.05) is 77.5 Å². The fraction of sp³-hybridized carbons (Fsp3) is 0.233. The van der Waals surface area contributed by atoms with Crippen molar-refractivity contribution in [1.82, 2.24) is 14.5 Å². The number of amides is 2. The molecular weight excluding hydrogens is 480 g/mol. The summed E-state index contributed by atoms with van der Waals surface area (Å²) in [5, 5.41) is 2.94. The summed E-state index contributed by atoms with van der Waals surface area (Å²) in [7, 11) is 3.23. The number of hydrogen-bond donors (Lipinski definition) is 1. The van der Waals surface area contributed by atoms with Crippen molar-refractivity contribution in [3.05, 3.63) is 90.6 Å². The molecule has 0 unspecified atom stereocenters. The second kappa shape index (κ2) is 11.2. The molecule has 0 atom stereocenters. The Balaban J connectivity index is 1.42. The highest BCUT2D eigenvalue weighted by Crippen LogP contribution is 2.31. The van der Waals surface area contributed by atoms with Gasteiger partial charge in [0.15, 0.2) is 0 Å². The molecule has 1 aromatic heterocycles. The highest BCUT2D eigenvalue weighted by Gasteiger charge is 2.29. The number of carbonyl (C=O) groups excluding carboxylic acids is 2. The van der Waals surface area contributed by atoms with Gasteiger partial charge in [-0.15, -0.1) is 0 Å². The van der Waals surface area contributed by atoms with Crippen LogP contribution in [0, 0.1) is 5.92 Å². The average molecular weight is 511 g/mol. The van der Waals surface area contributed by atoms with E-state index in [9.17, 15) is 9.59 Å². The van der Waals surface area contributed by atoms with Crippen LogP contribution >= 0.6 is 0 Å². The second-order valence-corrected chi connectivity index (χ2v) is 9.29. The molecule has 0 bridgehead atoms. The molecule has 8 nitrogen and oxygen atoms in total. The van der Waals surface area contributed by atoms with Crippen LogP contribution in [0.2, 0.25) is 0 Å². The van der Waals surface area contributed by atoms with E-state index in [-0.39, 0.29) is 18.4 Å². The zero-order valence-electron chi connectivity index (χ0n) is 21.5. The van der Waals surface area contributed by atoms with Gasteiger partial charge in [-0.25, -0.2) is 4.98 Å². The minimum Gasteiger partial charge on any atom is -0.497 e. The highest BCUT2D eigenvalue weighted by molar-refractivity contribution is 5.99. The van der Waals surface area contributed by atoms with Crippen LogP contribution in [0.1, 0.15) is 23.2 Å². The molecule has 0 radical (unpaired) electrons. The summed E-state index contributed by atoms with van der Waals surface area (Å²) in [6.45, 7) is 0.497. The van der Waals surface area contributed by atoms with Crippen molar-refractivity contribution in [2.24, 2.45) is 5.92 Å². The number of aromatic nitrogens is 2. The van der Waals surface area contributed by atoms with Crippen molar-refractivity contribution in [3.63, 3.8) is 0 Å². The zero-order valence-corrected chi connectivity index (χ0v) is 21.5. The number of rotatable bonds is 10. The summed E-state index contributed by atoms with van der Waals surface area (Å²) in [6, 6.07) is 24.1. The van der Waals surface area contributed by atoms with Gasteiger partial charge in [0.25, 0.3) is 5.91 Å². The van der Waals surface area contributed by atoms with E-state index in [0.717, 1.165) is 29.8 Å². The standard InChI is InChI=1S/C30H30N4O4/c1-37-25-15-13-24(14-16-25)34-19-27(23-9-6-10-26(17-23)38-2)31-30(34)32-28(35)20-33(18-21-11-12-21)29(36)22-7-4-3-5-8-22/h3-10,13-17,19,21H,11-12,18,20H2,1-2H3,(H,31,32,35). The number of hydrogen-bond acceptors (Lipinski definition) is 5. The molecule has 0 saturated heterocycles. The van der Waals surface area contributed by atoms with Crippen LogP contribution < -0.4 is 14.8 Å². The molecule has 3 aromatic carbocycles. The molecule has 5 rings (SSSR count).